The number of hydrogen-bond donors (Lipinski definition) is 4. The van der Waals surface area contributed by atoms with E-state index in [-0.39, 0.29) is 41.8 Å². The van der Waals surface area contributed by atoms with Crippen molar-refractivity contribution < 1.29 is 19.4 Å². The topological polar surface area (TPSA) is 165 Å². The molecule has 0 saturated carbocycles. The number of amides is 2. The van der Waals surface area contributed by atoms with Gasteiger partial charge in [0.15, 0.2) is 5.96 Å². The number of rotatable bonds is 13. The summed E-state index contributed by atoms with van der Waals surface area (Å²) in [4.78, 5) is 65.8. The molecule has 14 heteroatoms. The first-order valence-corrected chi connectivity index (χ1v) is 19.4. The summed E-state index contributed by atoms with van der Waals surface area (Å²) in [6, 6.07) is 15.7. The van der Waals surface area contributed by atoms with Crippen molar-refractivity contribution in [3.63, 3.8) is 0 Å². The molecule has 290 valence electrons. The molecule has 0 aliphatic carbocycles. The van der Waals surface area contributed by atoms with Gasteiger partial charge < -0.3 is 35.3 Å². The van der Waals surface area contributed by atoms with Gasteiger partial charge in [-0.1, -0.05) is 76.2 Å². The molecule has 0 unspecified atom stereocenters. The third-order valence-electron chi connectivity index (χ3n) is 10.8. The van der Waals surface area contributed by atoms with Crippen LogP contribution >= 0.6 is 0 Å². The van der Waals surface area contributed by atoms with E-state index in [0.29, 0.717) is 19.0 Å². The van der Waals surface area contributed by atoms with E-state index < -0.39 is 6.04 Å². The monoisotopic (exact) mass is 748 g/mol. The third kappa shape index (κ3) is 8.29. The van der Waals surface area contributed by atoms with Gasteiger partial charge in [-0.15, -0.1) is 0 Å². The summed E-state index contributed by atoms with van der Waals surface area (Å²) in [5.74, 6) is 2.44. The number of H-pyrrole nitrogens is 2. The number of hydrogen-bond acceptors (Lipinski definition) is 10. The van der Waals surface area contributed by atoms with E-state index in [1.54, 1.807) is 0 Å². The molecule has 14 nitrogen and oxygen atoms in total. The molecule has 0 bridgehead atoms. The van der Waals surface area contributed by atoms with Gasteiger partial charge in [-0.3, -0.25) is 14.6 Å². The van der Waals surface area contributed by atoms with Gasteiger partial charge >= 0.3 is 0 Å². The van der Waals surface area contributed by atoms with Gasteiger partial charge in [0.1, 0.15) is 23.7 Å². The number of likely N-dealkylation sites (tertiary alicyclic amines) is 2. The number of imidazole rings is 2. The normalized spacial score (nSPS) is 19.7. The Bertz CT molecular complexity index is 1980. The quantitative estimate of drug-likeness (QED) is 0.0589. The highest BCUT2D eigenvalue weighted by Crippen LogP contribution is 2.35. The highest BCUT2D eigenvalue weighted by molar-refractivity contribution is 5.90. The second-order valence-corrected chi connectivity index (χ2v) is 15.1. The number of carbonyl (C=O) groups is 2. The Balaban J connectivity index is 0.993. The number of aliphatic imine (C=N–C) groups is 2. The number of nitrogens with one attached hydrogen (secondary N) is 4. The molecule has 7 rings (SSSR count). The average molecular weight is 749 g/mol. The molecule has 2 aromatic heterocycles. The lowest BCUT2D eigenvalue weighted by molar-refractivity contribution is -0.188. The highest BCUT2D eigenvalue weighted by atomic mass is 17.2. The lowest BCUT2D eigenvalue weighted by atomic mass is 10.0. The Kier molecular flexibility index (Phi) is 11.6. The van der Waals surface area contributed by atoms with Crippen LogP contribution in [0.2, 0.25) is 0 Å². The lowest BCUT2D eigenvalue weighted by Gasteiger charge is -2.30. The third-order valence-corrected chi connectivity index (χ3v) is 10.8. The number of guanidine groups is 1. The van der Waals surface area contributed by atoms with E-state index in [0.717, 1.165) is 84.1 Å². The Hall–Kier alpha value is -5.50. The standard InChI is InChI=1S/C41H52N10O4/c1-25(2)35(46-24-55-54-5)39(52)50-20-6-8-33(50)37-44-22-31(47-37)29-14-10-27(11-15-29)28-12-16-30(17-13-28)32-23-45-38(48-32)34-9-7-21-51(34)40(53)36(26(3)4)49-41-42-18-19-43-41/h10-17,22-26,33-36H,6-9,18-21H2,1-5H3,(H,44,47)(H,45,48)(H2,42,43,49)/b46-24-/t33-,34-,35-,36-/m0/s1. The molecule has 4 atom stereocenters. The summed E-state index contributed by atoms with van der Waals surface area (Å²) in [6.45, 7) is 10.9. The van der Waals surface area contributed by atoms with Crippen molar-refractivity contribution in [1.29, 1.82) is 0 Å². The summed E-state index contributed by atoms with van der Waals surface area (Å²) in [5.41, 5.74) is 6.06. The molecule has 4 aromatic rings. The maximum atomic E-state index is 13.8. The van der Waals surface area contributed by atoms with Crippen molar-refractivity contribution in [3.8, 4) is 33.6 Å². The summed E-state index contributed by atoms with van der Waals surface area (Å²) < 4.78 is 0. The Labute approximate surface area is 322 Å². The van der Waals surface area contributed by atoms with E-state index in [2.05, 4.69) is 97.9 Å². The maximum absolute atomic E-state index is 13.8. The van der Waals surface area contributed by atoms with Gasteiger partial charge in [0.2, 0.25) is 18.2 Å². The summed E-state index contributed by atoms with van der Waals surface area (Å²) in [6.07, 6.45) is 8.44. The second-order valence-electron chi connectivity index (χ2n) is 15.1. The van der Waals surface area contributed by atoms with Gasteiger partial charge in [0.05, 0.1) is 49.5 Å². The molecule has 55 heavy (non-hydrogen) atoms. The molecular formula is C41H52N10O4. The Morgan fingerprint density at radius 1 is 0.800 bits per heavy atom. The number of nitrogens with zero attached hydrogens (tertiary/aromatic N) is 6. The molecular weight excluding hydrogens is 697 g/mol. The zero-order chi connectivity index (χ0) is 38.5. The zero-order valence-electron chi connectivity index (χ0n) is 32.3. The van der Waals surface area contributed by atoms with Crippen LogP contribution in [0.4, 0.5) is 0 Å². The van der Waals surface area contributed by atoms with Crippen molar-refractivity contribution in [1.82, 2.24) is 40.4 Å². The van der Waals surface area contributed by atoms with E-state index in [9.17, 15) is 9.59 Å². The minimum absolute atomic E-state index is 0.00127. The number of aromatic amines is 2. The minimum atomic E-state index is -0.565. The molecule has 0 spiro atoms. The van der Waals surface area contributed by atoms with Gasteiger partial charge in [-0.05, 0) is 59.8 Å². The van der Waals surface area contributed by atoms with Crippen LogP contribution in [0, 0.1) is 11.8 Å². The van der Waals surface area contributed by atoms with Gasteiger partial charge in [0.25, 0.3) is 0 Å². The van der Waals surface area contributed by atoms with Crippen molar-refractivity contribution in [3.05, 3.63) is 72.6 Å². The van der Waals surface area contributed by atoms with Crippen molar-refractivity contribution in [2.75, 3.05) is 33.3 Å². The van der Waals surface area contributed by atoms with Crippen LogP contribution < -0.4 is 10.6 Å². The molecule has 2 fully saturated rings. The fraction of sp³-hybridized carbons (Fsp3) is 0.463. The Morgan fingerprint density at radius 3 is 1.80 bits per heavy atom. The number of carbonyl (C=O) groups excluding carboxylic acids is 2. The van der Waals surface area contributed by atoms with Crippen LogP contribution in [0.3, 0.4) is 0 Å². The van der Waals surface area contributed by atoms with Crippen LogP contribution in [0.15, 0.2) is 70.9 Å². The first-order valence-electron chi connectivity index (χ1n) is 19.4. The molecule has 2 aromatic carbocycles. The predicted octanol–water partition coefficient (Wildman–Crippen LogP) is 5.67. The molecule has 3 aliphatic heterocycles. The van der Waals surface area contributed by atoms with Crippen LogP contribution in [0.25, 0.3) is 33.6 Å². The van der Waals surface area contributed by atoms with Gasteiger partial charge in [-0.2, -0.15) is 4.89 Å². The van der Waals surface area contributed by atoms with E-state index in [1.165, 1.54) is 13.5 Å². The first-order chi connectivity index (χ1) is 26.7. The molecule has 5 heterocycles. The van der Waals surface area contributed by atoms with Gasteiger partial charge in [-0.25, -0.2) is 15.0 Å². The smallest absolute Gasteiger partial charge is 0.248 e. The lowest BCUT2D eigenvalue weighted by Crippen LogP contribution is -2.53. The molecule has 2 saturated heterocycles. The number of benzene rings is 2. The summed E-state index contributed by atoms with van der Waals surface area (Å²) in [5, 5.41) is 6.57. The first kappa shape index (κ1) is 37.8. The summed E-state index contributed by atoms with van der Waals surface area (Å²) in [7, 11) is 1.40. The van der Waals surface area contributed by atoms with Crippen molar-refractivity contribution in [2.45, 2.75) is 77.5 Å². The van der Waals surface area contributed by atoms with Crippen LogP contribution in [0.5, 0.6) is 0 Å². The number of aromatic nitrogens is 4. The van der Waals surface area contributed by atoms with E-state index in [4.69, 9.17) is 14.9 Å². The summed E-state index contributed by atoms with van der Waals surface area (Å²) >= 11 is 0. The zero-order valence-corrected chi connectivity index (χ0v) is 32.3. The SMILES string of the molecule is COO/C=N\[C@H](C(=O)N1CCC[C@H]1c1ncc(-c2ccc(-c3ccc(-c4cnc([C@@H]5CCCN5C(=O)[C@@H](NC5=NCCN5)C(C)C)[nH]4)cc3)cc2)[nH]1)C(C)C. The van der Waals surface area contributed by atoms with E-state index >= 15 is 0 Å². The largest absolute Gasteiger partial charge is 0.355 e. The van der Waals surface area contributed by atoms with Crippen LogP contribution in [0.1, 0.15) is 77.1 Å². The Morgan fingerprint density at radius 2 is 1.33 bits per heavy atom. The maximum Gasteiger partial charge on any atom is 0.248 e. The fourth-order valence-electron chi connectivity index (χ4n) is 7.78. The van der Waals surface area contributed by atoms with Gasteiger partial charge in [0, 0.05) is 19.6 Å². The second kappa shape index (κ2) is 16.9. The van der Waals surface area contributed by atoms with Crippen LogP contribution in [-0.2, 0) is 19.4 Å². The van der Waals surface area contributed by atoms with Crippen molar-refractivity contribution >= 4 is 24.2 Å². The van der Waals surface area contributed by atoms with Crippen LogP contribution in [-0.4, -0.2) is 99.3 Å². The van der Waals surface area contributed by atoms with E-state index in [1.807, 2.05) is 36.0 Å². The molecule has 0 radical (unpaired) electrons. The molecule has 3 aliphatic rings. The van der Waals surface area contributed by atoms with Crippen molar-refractivity contribution in [2.24, 2.45) is 21.8 Å². The fourth-order valence-corrected chi connectivity index (χ4v) is 7.78. The molecule has 4 N–H and O–H groups in total. The predicted molar refractivity (Wildman–Crippen MR) is 212 cm³/mol. The average Bonchev–Trinajstić information content (AvgIpc) is 4.04. The minimum Gasteiger partial charge on any atom is -0.355 e. The highest BCUT2D eigenvalue weighted by Gasteiger charge is 2.38. The molecule has 2 amide bonds.